The van der Waals surface area contributed by atoms with Gasteiger partial charge >= 0.3 is 13.1 Å². The maximum atomic E-state index is 12.8. The Bertz CT molecular complexity index is 1160. The molecule has 2 aromatic carbocycles. The normalized spacial score (nSPS) is 11.2. The van der Waals surface area contributed by atoms with E-state index in [1.54, 1.807) is 36.7 Å². The number of carbonyl (C=O) groups is 3. The van der Waals surface area contributed by atoms with Crippen LogP contribution in [0.3, 0.4) is 0 Å². The van der Waals surface area contributed by atoms with Crippen LogP contribution in [0.25, 0.3) is 0 Å². The molecule has 1 heterocycles. The molecule has 5 N–H and O–H groups in total. The summed E-state index contributed by atoms with van der Waals surface area (Å²) in [7, 11) is -1.96. The van der Waals surface area contributed by atoms with Crippen molar-refractivity contribution in [1.29, 1.82) is 0 Å². The molecule has 0 spiro atoms. The zero-order valence-electron chi connectivity index (χ0n) is 17.9. The summed E-state index contributed by atoms with van der Waals surface area (Å²) < 4.78 is 4.83. The smallest absolute Gasteiger partial charge is 0.475 e. The lowest BCUT2D eigenvalue weighted by atomic mass is 9.75. The number of aromatic nitrogens is 1. The van der Waals surface area contributed by atoms with Crippen LogP contribution in [0.15, 0.2) is 67.0 Å². The second-order valence-corrected chi connectivity index (χ2v) is 7.31. The van der Waals surface area contributed by atoms with E-state index in [0.29, 0.717) is 12.1 Å². The first kappa shape index (κ1) is 24.4. The van der Waals surface area contributed by atoms with Crippen LogP contribution in [-0.4, -0.2) is 51.5 Å². The summed E-state index contributed by atoms with van der Waals surface area (Å²) in [6, 6.07) is 14.6. The molecule has 34 heavy (non-hydrogen) atoms. The van der Waals surface area contributed by atoms with Gasteiger partial charge in [-0.3, -0.25) is 14.6 Å². The number of aromatic carboxylic acids is 1. The van der Waals surface area contributed by atoms with Crippen molar-refractivity contribution < 1.29 is 34.3 Å². The summed E-state index contributed by atoms with van der Waals surface area (Å²) >= 11 is 0. The van der Waals surface area contributed by atoms with Crippen LogP contribution in [0.4, 0.5) is 5.69 Å². The molecular formula is C23H22BN3O7. The van der Waals surface area contributed by atoms with E-state index >= 15 is 0 Å². The number of nitrogens with zero attached hydrogens (tertiary/aromatic N) is 1. The summed E-state index contributed by atoms with van der Waals surface area (Å²) in [6.07, 6.45) is 3.13. The summed E-state index contributed by atoms with van der Waals surface area (Å²) in [5.74, 6) is -3.31. The highest BCUT2D eigenvalue weighted by molar-refractivity contribution is 6.43. The monoisotopic (exact) mass is 463 g/mol. The highest BCUT2D eigenvalue weighted by Crippen LogP contribution is 2.25. The molecule has 1 amide bonds. The first-order valence-corrected chi connectivity index (χ1v) is 10.2. The number of pyridine rings is 1. The van der Waals surface area contributed by atoms with Gasteiger partial charge in [0.05, 0.1) is 11.6 Å². The van der Waals surface area contributed by atoms with E-state index in [-0.39, 0.29) is 29.8 Å². The number of ether oxygens (including phenoxy) is 1. The summed E-state index contributed by atoms with van der Waals surface area (Å²) in [5.41, 5.74) is 1.86. The Hall–Kier alpha value is -4.22. The van der Waals surface area contributed by atoms with Crippen LogP contribution in [0.5, 0.6) is 5.75 Å². The minimum absolute atomic E-state index is 0.0826. The Balaban J connectivity index is 1.74. The molecule has 0 aliphatic heterocycles. The molecule has 3 aromatic rings. The van der Waals surface area contributed by atoms with Gasteiger partial charge in [-0.15, -0.1) is 0 Å². The van der Waals surface area contributed by atoms with Gasteiger partial charge in [0.15, 0.2) is 0 Å². The van der Waals surface area contributed by atoms with E-state index in [1.165, 1.54) is 18.2 Å². The Morgan fingerprint density at radius 2 is 1.91 bits per heavy atom. The van der Waals surface area contributed by atoms with Crippen molar-refractivity contribution >= 4 is 31.2 Å². The average Bonchev–Trinajstić information content (AvgIpc) is 2.84. The minimum Gasteiger partial charge on any atom is -0.478 e. The highest BCUT2D eigenvalue weighted by atomic mass is 16.5. The number of nitrogens with one attached hydrogen (secondary N) is 2. The standard InChI is InChI=1S/C23H22BN3O7/c28-14-34-21-16(5-2-8-19(21)23(30)31)11-20(24(32)33)27-22(29)17-6-1-4-15(10-17)12-26-18-7-3-9-25-13-18/h1-10,13-14,20,26,32-33H,11-12H2,(H,27,29)(H,30,31)/t20-/m0/s1. The molecule has 10 nitrogen and oxygen atoms in total. The van der Waals surface area contributed by atoms with Crippen molar-refractivity contribution in [2.24, 2.45) is 0 Å². The van der Waals surface area contributed by atoms with Crippen LogP contribution in [0, 0.1) is 0 Å². The van der Waals surface area contributed by atoms with Gasteiger partial charge in [-0.25, -0.2) is 4.79 Å². The van der Waals surface area contributed by atoms with Gasteiger partial charge in [0, 0.05) is 24.5 Å². The number of para-hydroxylation sites is 1. The average molecular weight is 463 g/mol. The van der Waals surface area contributed by atoms with Crippen molar-refractivity contribution in [3.05, 3.63) is 89.2 Å². The van der Waals surface area contributed by atoms with E-state index in [2.05, 4.69) is 15.6 Å². The number of amides is 1. The molecular weight excluding hydrogens is 441 g/mol. The predicted octanol–water partition coefficient (Wildman–Crippen LogP) is 1.28. The number of hydrogen-bond donors (Lipinski definition) is 5. The van der Waals surface area contributed by atoms with Crippen LogP contribution in [0.2, 0.25) is 0 Å². The Morgan fingerprint density at radius 1 is 1.12 bits per heavy atom. The second-order valence-electron chi connectivity index (χ2n) is 7.31. The lowest BCUT2D eigenvalue weighted by Gasteiger charge is -2.20. The molecule has 0 saturated carbocycles. The van der Waals surface area contributed by atoms with Crippen molar-refractivity contribution in [2.45, 2.75) is 18.9 Å². The summed E-state index contributed by atoms with van der Waals surface area (Å²) in [4.78, 5) is 39.1. The molecule has 0 unspecified atom stereocenters. The van der Waals surface area contributed by atoms with Crippen LogP contribution in [-0.2, 0) is 17.8 Å². The Kier molecular flexibility index (Phi) is 8.33. The zero-order valence-corrected chi connectivity index (χ0v) is 17.9. The first-order valence-electron chi connectivity index (χ1n) is 10.2. The molecule has 0 radical (unpaired) electrons. The Morgan fingerprint density at radius 3 is 2.59 bits per heavy atom. The number of carboxylic acid groups (broad SMARTS) is 1. The molecule has 0 aliphatic carbocycles. The number of carboxylic acids is 1. The molecule has 1 aromatic heterocycles. The van der Waals surface area contributed by atoms with E-state index in [1.807, 2.05) is 12.1 Å². The number of carbonyl (C=O) groups excluding carboxylic acids is 2. The quantitative estimate of drug-likeness (QED) is 0.209. The van der Waals surface area contributed by atoms with Gasteiger partial charge in [-0.1, -0.05) is 24.3 Å². The minimum atomic E-state index is -1.96. The van der Waals surface area contributed by atoms with Crippen molar-refractivity contribution in [3.8, 4) is 5.75 Å². The Labute approximate surface area is 195 Å². The topological polar surface area (TPSA) is 158 Å². The van der Waals surface area contributed by atoms with Crippen molar-refractivity contribution in [3.63, 3.8) is 0 Å². The third-order valence-electron chi connectivity index (χ3n) is 4.96. The molecule has 0 fully saturated rings. The fourth-order valence-corrected chi connectivity index (χ4v) is 3.31. The molecule has 0 bridgehead atoms. The van der Waals surface area contributed by atoms with Gasteiger partial charge in [-0.05, 0) is 47.9 Å². The van der Waals surface area contributed by atoms with E-state index in [4.69, 9.17) is 4.74 Å². The molecule has 1 atom stereocenters. The molecule has 174 valence electrons. The number of hydrogen-bond acceptors (Lipinski definition) is 8. The summed E-state index contributed by atoms with van der Waals surface area (Å²) in [6.45, 7) is 0.520. The van der Waals surface area contributed by atoms with E-state index < -0.39 is 24.9 Å². The van der Waals surface area contributed by atoms with Crippen molar-refractivity contribution in [1.82, 2.24) is 10.3 Å². The van der Waals surface area contributed by atoms with Gasteiger partial charge in [-0.2, -0.15) is 0 Å². The maximum Gasteiger partial charge on any atom is 0.475 e. The number of benzene rings is 2. The fourth-order valence-electron chi connectivity index (χ4n) is 3.31. The number of anilines is 1. The third kappa shape index (κ3) is 6.41. The SMILES string of the molecule is O=COc1c(C[C@H](NC(=O)c2cccc(CNc3cccnc3)c2)B(O)O)cccc1C(=O)O. The molecule has 11 heteroatoms. The lowest BCUT2D eigenvalue weighted by molar-refractivity contribution is -0.120. The van der Waals surface area contributed by atoms with E-state index in [0.717, 1.165) is 11.3 Å². The molecule has 0 aliphatic rings. The lowest BCUT2D eigenvalue weighted by Crippen LogP contribution is -2.48. The highest BCUT2D eigenvalue weighted by Gasteiger charge is 2.28. The largest absolute Gasteiger partial charge is 0.478 e. The molecule has 0 saturated heterocycles. The second kappa shape index (κ2) is 11.6. The van der Waals surface area contributed by atoms with Crippen LogP contribution >= 0.6 is 0 Å². The van der Waals surface area contributed by atoms with Gasteiger partial charge in [0.1, 0.15) is 11.3 Å². The predicted molar refractivity (Wildman–Crippen MR) is 123 cm³/mol. The van der Waals surface area contributed by atoms with Gasteiger partial charge < -0.3 is 30.5 Å². The van der Waals surface area contributed by atoms with Gasteiger partial charge in [0.25, 0.3) is 12.4 Å². The third-order valence-corrected chi connectivity index (χ3v) is 4.96. The van der Waals surface area contributed by atoms with Crippen molar-refractivity contribution in [2.75, 3.05) is 5.32 Å². The number of rotatable bonds is 11. The fraction of sp³-hybridized carbons (Fsp3) is 0.130. The zero-order chi connectivity index (χ0) is 24.5. The van der Waals surface area contributed by atoms with Gasteiger partial charge in [0.2, 0.25) is 0 Å². The summed E-state index contributed by atoms with van der Waals surface area (Å²) in [5, 5.41) is 34.7. The maximum absolute atomic E-state index is 12.8. The first-order chi connectivity index (χ1) is 16.4. The molecule has 3 rings (SSSR count). The van der Waals surface area contributed by atoms with Crippen LogP contribution < -0.4 is 15.4 Å². The van der Waals surface area contributed by atoms with E-state index in [9.17, 15) is 29.5 Å². The van der Waals surface area contributed by atoms with Crippen LogP contribution in [0.1, 0.15) is 31.8 Å².